The average molecular weight is 485 g/mol. The molecule has 1 aromatic heterocycles. The van der Waals surface area contributed by atoms with Crippen LogP contribution in [0.25, 0.3) is 11.3 Å². The van der Waals surface area contributed by atoms with Crippen LogP contribution >= 0.6 is 0 Å². The Morgan fingerprint density at radius 2 is 1.69 bits per heavy atom. The lowest BCUT2D eigenvalue weighted by Crippen LogP contribution is -2.45. The molecule has 35 heavy (non-hydrogen) atoms. The van der Waals surface area contributed by atoms with Crippen molar-refractivity contribution in [3.8, 4) is 22.8 Å². The summed E-state index contributed by atoms with van der Waals surface area (Å²) in [5, 5.41) is 10.8. The molecule has 0 spiro atoms. The van der Waals surface area contributed by atoms with Gasteiger partial charge < -0.3 is 20.1 Å². The average Bonchev–Trinajstić information content (AvgIpc) is 3.24. The van der Waals surface area contributed by atoms with Gasteiger partial charge in [-0.15, -0.1) is 0 Å². The highest BCUT2D eigenvalue weighted by atomic mass is 16.5. The van der Waals surface area contributed by atoms with Crippen LogP contribution in [0.5, 0.6) is 11.5 Å². The zero-order chi connectivity index (χ0) is 25.7. The van der Waals surface area contributed by atoms with E-state index in [1.54, 1.807) is 20.3 Å². The van der Waals surface area contributed by atoms with Crippen LogP contribution in [-0.2, 0) is 4.79 Å². The van der Waals surface area contributed by atoms with Gasteiger partial charge in [0.1, 0.15) is 11.5 Å². The first kappa shape index (κ1) is 26.6. The van der Waals surface area contributed by atoms with Crippen molar-refractivity contribution in [2.24, 2.45) is 11.8 Å². The van der Waals surface area contributed by atoms with Crippen LogP contribution in [0.4, 0.5) is 0 Å². The maximum absolute atomic E-state index is 13.3. The van der Waals surface area contributed by atoms with Gasteiger partial charge in [0.05, 0.1) is 31.5 Å². The molecule has 8 heteroatoms. The van der Waals surface area contributed by atoms with E-state index in [2.05, 4.69) is 31.4 Å². The first-order chi connectivity index (χ1) is 16.7. The quantitative estimate of drug-likeness (QED) is 0.486. The van der Waals surface area contributed by atoms with E-state index >= 15 is 0 Å². The Kier molecular flexibility index (Phi) is 8.81. The lowest BCUT2D eigenvalue weighted by molar-refractivity contribution is -0.123. The molecule has 2 amide bonds. The Balaban J connectivity index is 1.92. The molecule has 192 valence electrons. The molecule has 2 unspecified atom stereocenters. The number of hydrogen-bond acceptors (Lipinski definition) is 5. The zero-order valence-corrected chi connectivity index (χ0v) is 22.1. The Labute approximate surface area is 208 Å². The number of hydrogen-bond donors (Lipinski definition) is 2. The van der Waals surface area contributed by atoms with Gasteiger partial charge in [-0.25, -0.2) is 0 Å². The number of rotatable bonds is 11. The second-order valence-corrected chi connectivity index (χ2v) is 10.1. The Bertz CT molecular complexity index is 1000. The molecule has 0 radical (unpaired) electrons. The lowest BCUT2D eigenvalue weighted by Gasteiger charge is -2.28. The Hall–Kier alpha value is -3.03. The van der Waals surface area contributed by atoms with Gasteiger partial charge in [-0.1, -0.05) is 33.8 Å². The van der Waals surface area contributed by atoms with Gasteiger partial charge in [0.2, 0.25) is 5.91 Å². The van der Waals surface area contributed by atoms with Crippen molar-refractivity contribution >= 4 is 11.8 Å². The van der Waals surface area contributed by atoms with Gasteiger partial charge in [-0.05, 0) is 56.2 Å². The van der Waals surface area contributed by atoms with Crippen molar-refractivity contribution in [2.45, 2.75) is 78.4 Å². The fourth-order valence-electron chi connectivity index (χ4n) is 4.12. The maximum atomic E-state index is 13.3. The smallest absolute Gasteiger partial charge is 0.272 e. The van der Waals surface area contributed by atoms with Crippen LogP contribution in [0.2, 0.25) is 0 Å². The summed E-state index contributed by atoms with van der Waals surface area (Å²) in [4.78, 5) is 25.9. The number of carbonyl (C=O) groups is 2. The van der Waals surface area contributed by atoms with E-state index in [0.717, 1.165) is 30.5 Å². The molecule has 1 fully saturated rings. The summed E-state index contributed by atoms with van der Waals surface area (Å²) in [6, 6.07) is 7.38. The summed E-state index contributed by atoms with van der Waals surface area (Å²) in [6.07, 6.45) is 3.47. The highest BCUT2D eigenvalue weighted by molar-refractivity contribution is 5.94. The summed E-state index contributed by atoms with van der Waals surface area (Å²) in [6.45, 7) is 10.3. The van der Waals surface area contributed by atoms with Crippen molar-refractivity contribution in [2.75, 3.05) is 14.2 Å². The molecule has 2 atom stereocenters. The maximum Gasteiger partial charge on any atom is 0.272 e. The molecule has 0 saturated heterocycles. The molecular formula is C27H40N4O4. The van der Waals surface area contributed by atoms with Gasteiger partial charge in [0.25, 0.3) is 5.91 Å². The fourth-order valence-corrected chi connectivity index (χ4v) is 4.12. The summed E-state index contributed by atoms with van der Waals surface area (Å²) < 4.78 is 13.1. The van der Waals surface area contributed by atoms with Crippen molar-refractivity contribution in [1.29, 1.82) is 0 Å². The fraction of sp³-hybridized carbons (Fsp3) is 0.593. The van der Waals surface area contributed by atoms with Crippen LogP contribution in [0, 0.1) is 11.8 Å². The molecular weight excluding hydrogens is 444 g/mol. The predicted octanol–water partition coefficient (Wildman–Crippen LogP) is 4.60. The van der Waals surface area contributed by atoms with E-state index in [-0.39, 0.29) is 48.2 Å². The van der Waals surface area contributed by atoms with Crippen molar-refractivity contribution < 1.29 is 19.1 Å². The molecule has 3 rings (SSSR count). The molecule has 0 aliphatic heterocycles. The van der Waals surface area contributed by atoms with Crippen molar-refractivity contribution in [3.63, 3.8) is 0 Å². The van der Waals surface area contributed by atoms with Crippen LogP contribution in [0.1, 0.15) is 76.8 Å². The second-order valence-electron chi connectivity index (χ2n) is 10.1. The van der Waals surface area contributed by atoms with Crippen molar-refractivity contribution in [1.82, 2.24) is 20.4 Å². The van der Waals surface area contributed by atoms with E-state index in [9.17, 15) is 9.59 Å². The first-order valence-electron chi connectivity index (χ1n) is 12.6. The Morgan fingerprint density at radius 1 is 1.06 bits per heavy atom. The number of ether oxygens (including phenoxy) is 2. The van der Waals surface area contributed by atoms with Crippen molar-refractivity contribution in [3.05, 3.63) is 30.0 Å². The van der Waals surface area contributed by atoms with E-state index in [1.165, 1.54) is 0 Å². The van der Waals surface area contributed by atoms with E-state index in [1.807, 2.05) is 36.7 Å². The number of nitrogens with one attached hydrogen (secondary N) is 2. The minimum absolute atomic E-state index is 0.0212. The molecule has 1 heterocycles. The van der Waals surface area contributed by atoms with Crippen LogP contribution in [0.3, 0.4) is 0 Å². The number of methoxy groups -OCH3 is 2. The third-order valence-electron chi connectivity index (χ3n) is 7.00. The molecule has 1 aromatic carbocycles. The minimum atomic E-state index is -0.301. The van der Waals surface area contributed by atoms with Gasteiger partial charge in [0, 0.05) is 18.5 Å². The largest absolute Gasteiger partial charge is 0.496 e. The normalized spacial score (nSPS) is 15.5. The highest BCUT2D eigenvalue weighted by Crippen LogP contribution is 2.40. The van der Waals surface area contributed by atoms with Crippen LogP contribution in [0.15, 0.2) is 24.3 Å². The molecule has 8 nitrogen and oxygen atoms in total. The minimum Gasteiger partial charge on any atom is -0.496 e. The van der Waals surface area contributed by atoms with Crippen LogP contribution < -0.4 is 20.1 Å². The Morgan fingerprint density at radius 3 is 2.17 bits per heavy atom. The lowest BCUT2D eigenvalue weighted by atomic mass is 9.92. The topological polar surface area (TPSA) is 94.5 Å². The SMILES string of the molecule is COc1cccc(OC)c1-c1cc(C(=O)NC(CC(=O)NC2CCC2)C(C)C)nn1C(C)C(C)C. The number of amides is 2. The molecule has 2 aromatic rings. The van der Waals surface area contributed by atoms with E-state index in [4.69, 9.17) is 14.6 Å². The monoisotopic (exact) mass is 484 g/mol. The predicted molar refractivity (Wildman–Crippen MR) is 137 cm³/mol. The number of aromatic nitrogens is 2. The number of carbonyl (C=O) groups excluding carboxylic acids is 2. The van der Waals surface area contributed by atoms with E-state index in [0.29, 0.717) is 17.2 Å². The summed E-state index contributed by atoms with van der Waals surface area (Å²) in [5.41, 5.74) is 1.79. The van der Waals surface area contributed by atoms with Gasteiger partial charge in [-0.2, -0.15) is 5.10 Å². The summed E-state index contributed by atoms with van der Waals surface area (Å²) in [5.74, 6) is 1.33. The second kappa shape index (κ2) is 11.6. The molecule has 1 aliphatic carbocycles. The molecule has 1 saturated carbocycles. The molecule has 0 bridgehead atoms. The molecule has 1 aliphatic rings. The van der Waals surface area contributed by atoms with E-state index < -0.39 is 0 Å². The highest BCUT2D eigenvalue weighted by Gasteiger charge is 2.28. The standard InChI is InChI=1S/C27H40N4O4/c1-16(2)18(5)31-22(26-23(34-6)12-9-13-24(26)35-7)14-21(30-31)27(33)29-20(17(3)4)15-25(32)28-19-10-8-11-19/h9,12-14,16-20H,8,10-11,15H2,1-7H3,(H,28,32)(H,29,33). The summed E-state index contributed by atoms with van der Waals surface area (Å²) >= 11 is 0. The van der Waals surface area contributed by atoms with Crippen LogP contribution in [-0.4, -0.2) is 47.9 Å². The number of nitrogens with zero attached hydrogens (tertiary/aromatic N) is 2. The molecule has 2 N–H and O–H groups in total. The third-order valence-corrected chi connectivity index (χ3v) is 7.00. The van der Waals surface area contributed by atoms with Gasteiger partial charge in [-0.3, -0.25) is 14.3 Å². The number of benzene rings is 1. The van der Waals surface area contributed by atoms with Gasteiger partial charge >= 0.3 is 0 Å². The van der Waals surface area contributed by atoms with Gasteiger partial charge in [0.15, 0.2) is 5.69 Å². The summed E-state index contributed by atoms with van der Waals surface area (Å²) in [7, 11) is 3.22. The first-order valence-corrected chi connectivity index (χ1v) is 12.6. The third kappa shape index (κ3) is 6.16. The zero-order valence-electron chi connectivity index (χ0n) is 22.1.